The van der Waals surface area contributed by atoms with Crippen molar-refractivity contribution in [2.45, 2.75) is 6.92 Å². The molecule has 4 heteroatoms. The molecule has 0 radical (unpaired) electrons. The van der Waals surface area contributed by atoms with E-state index in [0.717, 1.165) is 29.4 Å². The summed E-state index contributed by atoms with van der Waals surface area (Å²) in [6.45, 7) is 3.67. The molecule has 0 unspecified atom stereocenters. The molecule has 13 heavy (non-hydrogen) atoms. The molecule has 0 atom stereocenters. The highest BCUT2D eigenvalue weighted by molar-refractivity contribution is 7.78. The molecule has 0 heterocycles. The first-order valence-electron chi connectivity index (χ1n) is 4.11. The highest BCUT2D eigenvalue weighted by Gasteiger charge is 1.95. The lowest BCUT2D eigenvalue weighted by Gasteiger charge is -2.06. The molecule has 0 spiro atoms. The average molecular weight is 217 g/mol. The van der Waals surface area contributed by atoms with Crippen molar-refractivity contribution in [3.05, 3.63) is 28.8 Å². The van der Waals surface area contributed by atoms with Crippen LogP contribution in [0.15, 0.2) is 18.2 Å². The zero-order chi connectivity index (χ0) is 9.68. The van der Waals surface area contributed by atoms with Gasteiger partial charge in [0.25, 0.3) is 0 Å². The number of anilines is 1. The predicted octanol–water partition coefficient (Wildman–Crippen LogP) is 2.49. The minimum Gasteiger partial charge on any atom is -0.384 e. The Morgan fingerprint density at radius 1 is 1.38 bits per heavy atom. The van der Waals surface area contributed by atoms with E-state index in [2.05, 4.69) is 22.9 Å². The molecular weight excluding hydrogens is 204 g/mol. The van der Waals surface area contributed by atoms with E-state index >= 15 is 0 Å². The second kappa shape index (κ2) is 5.37. The molecule has 0 aromatic heterocycles. The van der Waals surface area contributed by atoms with Crippen molar-refractivity contribution in [1.82, 2.24) is 4.72 Å². The van der Waals surface area contributed by atoms with Crippen LogP contribution >= 0.6 is 24.4 Å². The number of halogens is 1. The van der Waals surface area contributed by atoms with Crippen LogP contribution in [-0.2, 0) is 0 Å². The first-order valence-corrected chi connectivity index (χ1v) is 4.93. The fourth-order valence-corrected chi connectivity index (χ4v) is 1.25. The Morgan fingerprint density at radius 2 is 2.15 bits per heavy atom. The van der Waals surface area contributed by atoms with Crippen LogP contribution in [0.25, 0.3) is 0 Å². The molecular formula is C9H13ClN2S. The summed E-state index contributed by atoms with van der Waals surface area (Å²) in [4.78, 5) is 0. The minimum absolute atomic E-state index is 0.804. The van der Waals surface area contributed by atoms with Gasteiger partial charge in [0.1, 0.15) is 0 Å². The number of hydrogen-bond donors (Lipinski definition) is 3. The SMILES string of the molecule is Cc1cc(NCCNS)ccc1Cl. The van der Waals surface area contributed by atoms with Crippen molar-refractivity contribution in [2.24, 2.45) is 0 Å². The molecule has 0 amide bonds. The van der Waals surface area contributed by atoms with Gasteiger partial charge in [0.2, 0.25) is 0 Å². The summed E-state index contributed by atoms with van der Waals surface area (Å²) >= 11 is 9.78. The van der Waals surface area contributed by atoms with Gasteiger partial charge in [-0.25, -0.2) is 0 Å². The summed E-state index contributed by atoms with van der Waals surface area (Å²) in [5, 5.41) is 4.05. The van der Waals surface area contributed by atoms with Gasteiger partial charge in [0, 0.05) is 23.8 Å². The Hall–Kier alpha value is -0.380. The highest BCUT2D eigenvalue weighted by atomic mass is 35.5. The van der Waals surface area contributed by atoms with Crippen LogP contribution in [0.1, 0.15) is 5.56 Å². The Balaban J connectivity index is 2.53. The number of thiol groups is 1. The van der Waals surface area contributed by atoms with E-state index in [9.17, 15) is 0 Å². The topological polar surface area (TPSA) is 24.1 Å². The number of rotatable bonds is 4. The van der Waals surface area contributed by atoms with Crippen LogP contribution in [0.2, 0.25) is 5.02 Å². The van der Waals surface area contributed by atoms with E-state index in [1.807, 2.05) is 25.1 Å². The van der Waals surface area contributed by atoms with Crippen molar-refractivity contribution in [3.63, 3.8) is 0 Å². The molecule has 2 N–H and O–H groups in total. The van der Waals surface area contributed by atoms with E-state index in [4.69, 9.17) is 11.6 Å². The lowest BCUT2D eigenvalue weighted by Crippen LogP contribution is -2.13. The smallest absolute Gasteiger partial charge is 0.0436 e. The third kappa shape index (κ3) is 3.46. The van der Waals surface area contributed by atoms with E-state index in [0.29, 0.717) is 0 Å². The number of hydrogen-bond acceptors (Lipinski definition) is 3. The van der Waals surface area contributed by atoms with Crippen molar-refractivity contribution in [3.8, 4) is 0 Å². The maximum atomic E-state index is 5.89. The Bertz CT molecular complexity index is 278. The Kier molecular flexibility index (Phi) is 4.42. The molecule has 1 rings (SSSR count). The summed E-state index contributed by atoms with van der Waals surface area (Å²) in [6.07, 6.45) is 0. The van der Waals surface area contributed by atoms with Gasteiger partial charge >= 0.3 is 0 Å². The summed E-state index contributed by atoms with van der Waals surface area (Å²) in [5.41, 5.74) is 2.18. The maximum absolute atomic E-state index is 5.89. The van der Waals surface area contributed by atoms with E-state index < -0.39 is 0 Å². The van der Waals surface area contributed by atoms with Crippen LogP contribution in [0.3, 0.4) is 0 Å². The largest absolute Gasteiger partial charge is 0.384 e. The quantitative estimate of drug-likeness (QED) is 0.532. The van der Waals surface area contributed by atoms with Gasteiger partial charge < -0.3 is 5.32 Å². The molecule has 0 fully saturated rings. The summed E-state index contributed by atoms with van der Waals surface area (Å²) < 4.78 is 2.77. The molecule has 0 aliphatic rings. The van der Waals surface area contributed by atoms with Crippen molar-refractivity contribution in [1.29, 1.82) is 0 Å². The van der Waals surface area contributed by atoms with Gasteiger partial charge in [0.05, 0.1) is 0 Å². The van der Waals surface area contributed by atoms with Crippen LogP contribution < -0.4 is 10.0 Å². The number of aryl methyl sites for hydroxylation is 1. The predicted molar refractivity (Wildman–Crippen MR) is 61.7 cm³/mol. The minimum atomic E-state index is 0.804. The molecule has 72 valence electrons. The Labute approximate surface area is 89.2 Å². The van der Waals surface area contributed by atoms with E-state index in [1.54, 1.807) is 0 Å². The number of nitrogens with one attached hydrogen (secondary N) is 2. The monoisotopic (exact) mass is 216 g/mol. The molecule has 2 nitrogen and oxygen atoms in total. The zero-order valence-electron chi connectivity index (χ0n) is 7.47. The van der Waals surface area contributed by atoms with Gasteiger partial charge in [0.15, 0.2) is 0 Å². The zero-order valence-corrected chi connectivity index (χ0v) is 9.12. The lowest BCUT2D eigenvalue weighted by atomic mass is 10.2. The first kappa shape index (κ1) is 10.7. The number of benzene rings is 1. The van der Waals surface area contributed by atoms with Crippen LogP contribution in [0.4, 0.5) is 5.69 Å². The maximum Gasteiger partial charge on any atom is 0.0436 e. The van der Waals surface area contributed by atoms with E-state index in [-0.39, 0.29) is 0 Å². The molecule has 0 aliphatic heterocycles. The van der Waals surface area contributed by atoms with Gasteiger partial charge in [-0.15, -0.1) is 0 Å². The van der Waals surface area contributed by atoms with Gasteiger partial charge in [-0.3, -0.25) is 4.72 Å². The van der Waals surface area contributed by atoms with Crippen LogP contribution in [0, 0.1) is 6.92 Å². The summed E-state index contributed by atoms with van der Waals surface area (Å²) in [7, 11) is 0. The van der Waals surface area contributed by atoms with Crippen molar-refractivity contribution < 1.29 is 0 Å². The van der Waals surface area contributed by atoms with Crippen molar-refractivity contribution in [2.75, 3.05) is 18.4 Å². The highest BCUT2D eigenvalue weighted by Crippen LogP contribution is 2.18. The third-order valence-electron chi connectivity index (χ3n) is 1.72. The van der Waals surface area contributed by atoms with Gasteiger partial charge in [-0.1, -0.05) is 24.4 Å². The van der Waals surface area contributed by atoms with Crippen LogP contribution in [-0.4, -0.2) is 13.1 Å². The van der Waals surface area contributed by atoms with E-state index in [1.165, 1.54) is 0 Å². The molecule has 0 bridgehead atoms. The molecule has 1 aromatic carbocycles. The summed E-state index contributed by atoms with van der Waals surface area (Å²) in [6, 6.07) is 5.89. The second-order valence-corrected chi connectivity index (χ2v) is 3.52. The van der Waals surface area contributed by atoms with Gasteiger partial charge in [-0.2, -0.15) is 0 Å². The van der Waals surface area contributed by atoms with Gasteiger partial charge in [-0.05, 0) is 30.7 Å². The second-order valence-electron chi connectivity index (χ2n) is 2.80. The normalized spacial score (nSPS) is 10.1. The standard InChI is InChI=1S/C9H13ClN2S/c1-7-6-8(2-3-9(7)10)11-4-5-12-13/h2-3,6,11-13H,4-5H2,1H3. The molecule has 0 saturated carbocycles. The average Bonchev–Trinajstić information content (AvgIpc) is 2.12. The third-order valence-corrected chi connectivity index (χ3v) is 2.37. The Morgan fingerprint density at radius 3 is 2.77 bits per heavy atom. The molecule has 0 saturated heterocycles. The summed E-state index contributed by atoms with van der Waals surface area (Å²) in [5.74, 6) is 0. The molecule has 1 aromatic rings. The fourth-order valence-electron chi connectivity index (χ4n) is 1.02. The van der Waals surface area contributed by atoms with Crippen LogP contribution in [0.5, 0.6) is 0 Å². The lowest BCUT2D eigenvalue weighted by molar-refractivity contribution is 0.962. The fraction of sp³-hybridized carbons (Fsp3) is 0.333. The molecule has 0 aliphatic carbocycles. The van der Waals surface area contributed by atoms with Crippen molar-refractivity contribution >= 4 is 30.1 Å². The first-order chi connectivity index (χ1) is 6.24.